The van der Waals surface area contributed by atoms with E-state index in [1.165, 1.54) is 7.05 Å². The van der Waals surface area contributed by atoms with Gasteiger partial charge < -0.3 is 20.5 Å². The van der Waals surface area contributed by atoms with Crippen molar-refractivity contribution in [2.45, 2.75) is 42.3 Å². The number of hydrogen-bond acceptors (Lipinski definition) is 5. The van der Waals surface area contributed by atoms with Crippen molar-refractivity contribution in [3.63, 3.8) is 0 Å². The highest BCUT2D eigenvalue weighted by Crippen LogP contribution is 2.33. The lowest BCUT2D eigenvalue weighted by Gasteiger charge is -2.34. The monoisotopic (exact) mass is 643 g/mol. The first-order chi connectivity index (χ1) is 21.8. The molecule has 1 heterocycles. The summed E-state index contributed by atoms with van der Waals surface area (Å²) in [5, 5.41) is 17.2. The number of para-hydroxylation sites is 1. The van der Waals surface area contributed by atoms with Gasteiger partial charge in [-0.25, -0.2) is 4.79 Å². The van der Waals surface area contributed by atoms with Gasteiger partial charge in [0.2, 0.25) is 5.91 Å². The SMILES string of the molecule is CN(C(=O)O)[C@H](C(=O)Nc1ccccc1CC[C@@H]1CNC[C@@H](C(S)c2cccc(Cl)c2)O1)C(c1ccccc1)c1ccccc1. The predicted octanol–water partition coefficient (Wildman–Crippen LogP) is 7.05. The highest BCUT2D eigenvalue weighted by molar-refractivity contribution is 7.80. The second-order valence-electron chi connectivity index (χ2n) is 11.3. The van der Waals surface area contributed by atoms with Crippen molar-refractivity contribution in [1.29, 1.82) is 0 Å². The van der Waals surface area contributed by atoms with Crippen molar-refractivity contribution < 1.29 is 19.4 Å². The summed E-state index contributed by atoms with van der Waals surface area (Å²) in [5.41, 5.74) is 4.31. The van der Waals surface area contributed by atoms with E-state index in [9.17, 15) is 14.7 Å². The summed E-state index contributed by atoms with van der Waals surface area (Å²) in [6.45, 7) is 1.40. The molecule has 0 aliphatic carbocycles. The molecule has 0 bridgehead atoms. The second kappa shape index (κ2) is 15.5. The van der Waals surface area contributed by atoms with Crippen LogP contribution >= 0.6 is 24.2 Å². The van der Waals surface area contributed by atoms with Gasteiger partial charge in [0.15, 0.2) is 0 Å². The maximum absolute atomic E-state index is 14.1. The third-order valence-corrected chi connectivity index (χ3v) is 9.12. The molecule has 1 fully saturated rings. The van der Waals surface area contributed by atoms with Gasteiger partial charge in [-0.1, -0.05) is 103 Å². The largest absolute Gasteiger partial charge is 0.465 e. The normalized spacial score (nSPS) is 17.8. The number of likely N-dealkylation sites (N-methyl/N-ethyl adjacent to an activating group) is 1. The van der Waals surface area contributed by atoms with E-state index in [-0.39, 0.29) is 17.5 Å². The van der Waals surface area contributed by atoms with Gasteiger partial charge in [0.1, 0.15) is 6.04 Å². The average Bonchev–Trinajstić information content (AvgIpc) is 3.07. The number of morpholine rings is 1. The number of thiol groups is 1. The first-order valence-electron chi connectivity index (χ1n) is 15.1. The number of amides is 2. The topological polar surface area (TPSA) is 90.9 Å². The molecular weight excluding hydrogens is 606 g/mol. The van der Waals surface area contributed by atoms with E-state index in [4.69, 9.17) is 29.0 Å². The number of carbonyl (C=O) groups is 2. The predicted molar refractivity (Wildman–Crippen MR) is 182 cm³/mol. The van der Waals surface area contributed by atoms with Crippen molar-refractivity contribution >= 4 is 41.9 Å². The van der Waals surface area contributed by atoms with Gasteiger partial charge in [-0.2, -0.15) is 12.6 Å². The van der Waals surface area contributed by atoms with Gasteiger partial charge in [-0.15, -0.1) is 0 Å². The van der Waals surface area contributed by atoms with Crippen LogP contribution in [0, 0.1) is 0 Å². The van der Waals surface area contributed by atoms with Crippen molar-refractivity contribution in [1.82, 2.24) is 10.2 Å². The van der Waals surface area contributed by atoms with E-state index >= 15 is 0 Å². The van der Waals surface area contributed by atoms with E-state index < -0.39 is 24.0 Å². The molecule has 1 unspecified atom stereocenters. The number of carboxylic acid groups (broad SMARTS) is 1. The lowest BCUT2D eigenvalue weighted by Crippen LogP contribution is -2.48. The molecule has 1 aliphatic heterocycles. The Bertz CT molecular complexity index is 1540. The molecule has 4 atom stereocenters. The third kappa shape index (κ3) is 8.27. The number of nitrogens with zero attached hydrogens (tertiary/aromatic N) is 1. The first-order valence-corrected chi connectivity index (χ1v) is 16.0. The Balaban J connectivity index is 1.33. The third-order valence-electron chi connectivity index (χ3n) is 8.26. The Kier molecular flexibility index (Phi) is 11.2. The van der Waals surface area contributed by atoms with Crippen LogP contribution in [0.25, 0.3) is 0 Å². The molecule has 1 aliphatic rings. The van der Waals surface area contributed by atoms with Crippen molar-refractivity contribution in [2.24, 2.45) is 0 Å². The maximum Gasteiger partial charge on any atom is 0.407 e. The van der Waals surface area contributed by atoms with Gasteiger partial charge in [0.25, 0.3) is 0 Å². The van der Waals surface area contributed by atoms with E-state index in [0.29, 0.717) is 30.2 Å². The smallest absolute Gasteiger partial charge is 0.407 e. The van der Waals surface area contributed by atoms with Gasteiger partial charge in [0, 0.05) is 36.8 Å². The van der Waals surface area contributed by atoms with Crippen molar-refractivity contribution in [3.8, 4) is 0 Å². The molecular formula is C36H38ClN3O4S. The van der Waals surface area contributed by atoms with E-state index in [1.807, 2.05) is 109 Å². The zero-order valence-corrected chi connectivity index (χ0v) is 26.7. The van der Waals surface area contributed by atoms with Crippen LogP contribution in [-0.2, 0) is 16.0 Å². The summed E-state index contributed by atoms with van der Waals surface area (Å²) >= 11 is 11.0. The van der Waals surface area contributed by atoms with Crippen LogP contribution < -0.4 is 10.6 Å². The highest BCUT2D eigenvalue weighted by atomic mass is 35.5. The minimum atomic E-state index is -1.18. The summed E-state index contributed by atoms with van der Waals surface area (Å²) < 4.78 is 6.47. The minimum Gasteiger partial charge on any atom is -0.465 e. The Morgan fingerprint density at radius 2 is 1.56 bits per heavy atom. The van der Waals surface area contributed by atoms with E-state index in [0.717, 1.165) is 33.6 Å². The molecule has 5 rings (SSSR count). The van der Waals surface area contributed by atoms with Gasteiger partial charge >= 0.3 is 6.09 Å². The number of anilines is 1. The van der Waals surface area contributed by atoms with Crippen molar-refractivity contribution in [2.75, 3.05) is 25.5 Å². The number of ether oxygens (including phenoxy) is 1. The number of nitrogens with one attached hydrogen (secondary N) is 2. The van der Waals surface area contributed by atoms with Gasteiger partial charge in [0.05, 0.1) is 17.5 Å². The van der Waals surface area contributed by atoms with Gasteiger partial charge in [-0.05, 0) is 53.3 Å². The summed E-state index contributed by atoms with van der Waals surface area (Å²) in [4.78, 5) is 27.5. The van der Waals surface area contributed by atoms with Crippen LogP contribution in [0.15, 0.2) is 109 Å². The molecule has 0 radical (unpaired) electrons. The number of rotatable bonds is 11. The zero-order chi connectivity index (χ0) is 31.8. The van der Waals surface area contributed by atoms with Crippen LogP contribution in [0.5, 0.6) is 0 Å². The van der Waals surface area contributed by atoms with E-state index in [1.54, 1.807) is 0 Å². The standard InChI is InChI=1S/C36H38ClN3O4S/c1-40(36(42)43)33(32(25-12-4-2-5-13-25)26-14-6-3-7-15-26)35(41)39-30-18-9-8-11-24(30)19-20-29-22-38-23-31(44-29)34(45)27-16-10-17-28(37)21-27/h2-18,21,29,31-34,38,45H,19-20,22-23H2,1H3,(H,39,41)(H,42,43)/t29-,31+,33+,34?/m1/s1. The van der Waals surface area contributed by atoms with Gasteiger partial charge in [-0.3, -0.25) is 9.69 Å². The van der Waals surface area contributed by atoms with Crippen LogP contribution in [-0.4, -0.2) is 60.4 Å². The Labute approximate surface area is 275 Å². The summed E-state index contributed by atoms with van der Waals surface area (Å²) in [7, 11) is 1.44. The molecule has 2 amide bonds. The number of hydrogen-bond donors (Lipinski definition) is 4. The Morgan fingerprint density at radius 3 is 2.20 bits per heavy atom. The number of carbonyl (C=O) groups excluding carboxylic acids is 1. The van der Waals surface area contributed by atoms with Crippen LogP contribution in [0.1, 0.15) is 39.8 Å². The Morgan fingerprint density at radius 1 is 0.933 bits per heavy atom. The maximum atomic E-state index is 14.1. The summed E-state index contributed by atoms with van der Waals surface area (Å²) in [5.74, 6) is -0.923. The molecule has 7 nitrogen and oxygen atoms in total. The fraction of sp³-hybridized carbons (Fsp3) is 0.278. The highest BCUT2D eigenvalue weighted by Gasteiger charge is 2.37. The molecule has 0 spiro atoms. The molecule has 9 heteroatoms. The number of benzene rings is 4. The molecule has 3 N–H and O–H groups in total. The fourth-order valence-corrected chi connectivity index (χ4v) is 6.46. The summed E-state index contributed by atoms with van der Waals surface area (Å²) in [6, 6.07) is 33.4. The number of halogens is 1. The molecule has 234 valence electrons. The molecule has 1 saturated heterocycles. The molecule has 45 heavy (non-hydrogen) atoms. The van der Waals surface area contributed by atoms with Crippen LogP contribution in [0.4, 0.5) is 10.5 Å². The summed E-state index contributed by atoms with van der Waals surface area (Å²) in [6.07, 6.45) is 0.0247. The number of aryl methyl sites for hydroxylation is 1. The zero-order valence-electron chi connectivity index (χ0n) is 25.1. The first kappa shape index (κ1) is 32.6. The quantitative estimate of drug-likeness (QED) is 0.132. The molecule has 4 aromatic carbocycles. The molecule has 0 aromatic heterocycles. The fourth-order valence-electron chi connectivity index (χ4n) is 5.92. The Hall–Kier alpha value is -3.82. The van der Waals surface area contributed by atoms with Crippen molar-refractivity contribution in [3.05, 3.63) is 136 Å². The second-order valence-corrected chi connectivity index (χ2v) is 12.3. The lowest BCUT2D eigenvalue weighted by molar-refractivity contribution is -0.120. The molecule has 4 aromatic rings. The lowest BCUT2D eigenvalue weighted by atomic mass is 9.84. The van der Waals surface area contributed by atoms with Crippen LogP contribution in [0.2, 0.25) is 5.02 Å². The van der Waals surface area contributed by atoms with E-state index in [2.05, 4.69) is 10.6 Å². The van der Waals surface area contributed by atoms with Crippen LogP contribution in [0.3, 0.4) is 0 Å². The minimum absolute atomic E-state index is 0.0484. The molecule has 0 saturated carbocycles. The average molecular weight is 644 g/mol.